The highest BCUT2D eigenvalue weighted by atomic mass is 79.9. The zero-order chi connectivity index (χ0) is 10.8. The van der Waals surface area contributed by atoms with E-state index in [2.05, 4.69) is 58.3 Å². The number of rotatable bonds is 2. The van der Waals surface area contributed by atoms with E-state index in [9.17, 15) is 0 Å². The van der Waals surface area contributed by atoms with E-state index in [1.54, 1.807) is 0 Å². The van der Waals surface area contributed by atoms with Crippen LogP contribution in [-0.4, -0.2) is 31.1 Å². The highest BCUT2D eigenvalue weighted by Gasteiger charge is 2.19. The van der Waals surface area contributed by atoms with Crippen LogP contribution in [0.4, 0.5) is 5.69 Å². The molecule has 3 heteroatoms. The molecule has 1 aromatic carbocycles. The number of hydrogen-bond acceptors (Lipinski definition) is 2. The van der Waals surface area contributed by atoms with Crippen LogP contribution in [0.15, 0.2) is 22.7 Å². The minimum absolute atomic E-state index is 0.600. The molecule has 1 aromatic rings. The van der Waals surface area contributed by atoms with Crippen molar-refractivity contribution in [2.45, 2.75) is 19.4 Å². The molecular weight excluding hydrogens is 252 g/mol. The first-order valence-corrected chi connectivity index (χ1v) is 6.16. The lowest BCUT2D eigenvalue weighted by atomic mass is 10.1. The first-order valence-electron chi connectivity index (χ1n) is 5.37. The molecule has 0 bridgehead atoms. The maximum atomic E-state index is 3.61. The van der Waals surface area contributed by atoms with Crippen molar-refractivity contribution in [2.24, 2.45) is 0 Å². The van der Waals surface area contributed by atoms with Gasteiger partial charge in [0.2, 0.25) is 0 Å². The molecule has 1 aliphatic heterocycles. The monoisotopic (exact) mass is 268 g/mol. The van der Waals surface area contributed by atoms with Gasteiger partial charge in [0.15, 0.2) is 0 Å². The lowest BCUT2D eigenvalue weighted by Crippen LogP contribution is -2.23. The van der Waals surface area contributed by atoms with Crippen LogP contribution in [0.5, 0.6) is 0 Å². The van der Waals surface area contributed by atoms with E-state index in [0.29, 0.717) is 6.04 Å². The summed E-state index contributed by atoms with van der Waals surface area (Å²) in [6.07, 6.45) is 1.24. The Morgan fingerprint density at radius 3 is 2.93 bits per heavy atom. The summed E-state index contributed by atoms with van der Waals surface area (Å²) in [5.41, 5.74) is 2.55. The highest BCUT2D eigenvalue weighted by molar-refractivity contribution is 9.10. The van der Waals surface area contributed by atoms with Crippen molar-refractivity contribution in [3.8, 4) is 0 Å². The summed E-state index contributed by atoms with van der Waals surface area (Å²) in [6.45, 7) is 4.49. The van der Waals surface area contributed by atoms with Crippen molar-refractivity contribution in [2.75, 3.05) is 25.5 Å². The number of anilines is 1. The van der Waals surface area contributed by atoms with Crippen LogP contribution >= 0.6 is 15.9 Å². The number of hydrogen-bond donors (Lipinski definition) is 1. The molecule has 1 saturated heterocycles. The van der Waals surface area contributed by atoms with Gasteiger partial charge >= 0.3 is 0 Å². The zero-order valence-corrected chi connectivity index (χ0v) is 10.8. The predicted octanol–water partition coefficient (Wildman–Crippen LogP) is 2.87. The fourth-order valence-electron chi connectivity index (χ4n) is 2.04. The standard InChI is InChI=1S/C12H17BrN2/c1-9-11(13)4-3-5-12(9)14-10-6-7-15(2)8-10/h3-5,10,14H,6-8H2,1-2H3. The molecule has 0 spiro atoms. The molecule has 1 N–H and O–H groups in total. The van der Waals surface area contributed by atoms with Gasteiger partial charge < -0.3 is 10.2 Å². The average molecular weight is 269 g/mol. The van der Waals surface area contributed by atoms with Gasteiger partial charge in [-0.25, -0.2) is 0 Å². The summed E-state index contributed by atoms with van der Waals surface area (Å²) in [7, 11) is 2.18. The minimum Gasteiger partial charge on any atom is -0.381 e. The molecular formula is C12H17BrN2. The van der Waals surface area contributed by atoms with Crippen molar-refractivity contribution in [3.05, 3.63) is 28.2 Å². The molecule has 0 aliphatic carbocycles. The smallest absolute Gasteiger partial charge is 0.0400 e. The number of likely N-dealkylation sites (tertiary alicyclic amines) is 1. The summed E-state index contributed by atoms with van der Waals surface area (Å²) < 4.78 is 1.18. The van der Waals surface area contributed by atoms with E-state index in [1.165, 1.54) is 28.7 Å². The molecule has 1 fully saturated rings. The number of nitrogens with zero attached hydrogens (tertiary/aromatic N) is 1. The SMILES string of the molecule is Cc1c(Br)cccc1NC1CCN(C)C1. The molecule has 1 unspecified atom stereocenters. The fourth-order valence-corrected chi connectivity index (χ4v) is 2.40. The molecule has 0 amide bonds. The van der Waals surface area contributed by atoms with Gasteiger partial charge in [0.05, 0.1) is 0 Å². The Bertz CT molecular complexity index is 351. The molecule has 0 radical (unpaired) electrons. The average Bonchev–Trinajstić information content (AvgIpc) is 2.59. The Hall–Kier alpha value is -0.540. The lowest BCUT2D eigenvalue weighted by molar-refractivity contribution is 0.414. The summed E-state index contributed by atoms with van der Waals surface area (Å²) in [4.78, 5) is 2.37. The molecule has 82 valence electrons. The lowest BCUT2D eigenvalue weighted by Gasteiger charge is -2.16. The fraction of sp³-hybridized carbons (Fsp3) is 0.500. The molecule has 1 heterocycles. The topological polar surface area (TPSA) is 15.3 Å². The molecule has 0 saturated carbocycles. The largest absolute Gasteiger partial charge is 0.381 e. The van der Waals surface area contributed by atoms with Gasteiger partial charge in [0.1, 0.15) is 0 Å². The van der Waals surface area contributed by atoms with E-state index >= 15 is 0 Å². The van der Waals surface area contributed by atoms with E-state index < -0.39 is 0 Å². The van der Waals surface area contributed by atoms with Gasteiger partial charge in [-0.15, -0.1) is 0 Å². The predicted molar refractivity (Wildman–Crippen MR) is 68.4 cm³/mol. The maximum Gasteiger partial charge on any atom is 0.0400 e. The number of halogens is 1. The second-order valence-electron chi connectivity index (χ2n) is 4.30. The van der Waals surface area contributed by atoms with E-state index in [4.69, 9.17) is 0 Å². The third-order valence-corrected chi connectivity index (χ3v) is 3.88. The van der Waals surface area contributed by atoms with Gasteiger partial charge in [0.25, 0.3) is 0 Å². The van der Waals surface area contributed by atoms with Crippen LogP contribution in [0, 0.1) is 6.92 Å². The third kappa shape index (κ3) is 2.52. The van der Waals surface area contributed by atoms with Gasteiger partial charge in [-0.3, -0.25) is 0 Å². The van der Waals surface area contributed by atoms with Crippen molar-refractivity contribution in [1.82, 2.24) is 4.90 Å². The van der Waals surface area contributed by atoms with Crippen LogP contribution in [0.2, 0.25) is 0 Å². The summed E-state index contributed by atoms with van der Waals surface area (Å²) in [6, 6.07) is 6.92. The number of nitrogens with one attached hydrogen (secondary N) is 1. The van der Waals surface area contributed by atoms with Crippen molar-refractivity contribution in [1.29, 1.82) is 0 Å². The zero-order valence-electron chi connectivity index (χ0n) is 9.26. The van der Waals surface area contributed by atoms with E-state index in [0.717, 1.165) is 6.54 Å². The Morgan fingerprint density at radius 2 is 2.27 bits per heavy atom. The first kappa shape index (κ1) is 11.0. The third-order valence-electron chi connectivity index (χ3n) is 3.02. The quantitative estimate of drug-likeness (QED) is 0.888. The minimum atomic E-state index is 0.600. The van der Waals surface area contributed by atoms with Crippen LogP contribution < -0.4 is 5.32 Å². The normalized spacial score (nSPS) is 21.9. The molecule has 1 aliphatic rings. The Kier molecular flexibility index (Phi) is 3.32. The second-order valence-corrected chi connectivity index (χ2v) is 5.16. The van der Waals surface area contributed by atoms with E-state index in [-0.39, 0.29) is 0 Å². The summed E-state index contributed by atoms with van der Waals surface area (Å²) in [5, 5.41) is 3.61. The first-order chi connectivity index (χ1) is 7.16. The maximum absolute atomic E-state index is 3.61. The second kappa shape index (κ2) is 4.54. The van der Waals surface area contributed by atoms with Crippen molar-refractivity contribution < 1.29 is 0 Å². The number of likely N-dealkylation sites (N-methyl/N-ethyl adjacent to an activating group) is 1. The van der Waals surface area contributed by atoms with E-state index in [1.807, 2.05) is 0 Å². The molecule has 0 aromatic heterocycles. The van der Waals surface area contributed by atoms with Gasteiger partial charge in [-0.1, -0.05) is 22.0 Å². The Morgan fingerprint density at radius 1 is 1.47 bits per heavy atom. The Labute approximate surface area is 99.8 Å². The Balaban J connectivity index is 2.07. The molecule has 2 nitrogen and oxygen atoms in total. The highest BCUT2D eigenvalue weighted by Crippen LogP contribution is 2.25. The molecule has 1 atom stereocenters. The molecule has 2 rings (SSSR count). The van der Waals surface area contributed by atoms with Gasteiger partial charge in [-0.05, 0) is 44.6 Å². The van der Waals surface area contributed by atoms with Gasteiger partial charge in [-0.2, -0.15) is 0 Å². The van der Waals surface area contributed by atoms with Crippen molar-refractivity contribution in [3.63, 3.8) is 0 Å². The van der Waals surface area contributed by atoms with Crippen LogP contribution in [0.25, 0.3) is 0 Å². The van der Waals surface area contributed by atoms with Gasteiger partial charge in [0, 0.05) is 22.7 Å². The number of benzene rings is 1. The van der Waals surface area contributed by atoms with Crippen molar-refractivity contribution >= 4 is 21.6 Å². The van der Waals surface area contributed by atoms with Crippen LogP contribution in [0.1, 0.15) is 12.0 Å². The van der Waals surface area contributed by atoms with Crippen LogP contribution in [-0.2, 0) is 0 Å². The molecule has 15 heavy (non-hydrogen) atoms. The summed E-state index contributed by atoms with van der Waals surface area (Å²) >= 11 is 3.56. The van der Waals surface area contributed by atoms with Crippen LogP contribution in [0.3, 0.4) is 0 Å². The summed E-state index contributed by atoms with van der Waals surface area (Å²) in [5.74, 6) is 0.